The molecule has 0 aliphatic carbocycles. The first-order chi connectivity index (χ1) is 7.70. The van der Waals surface area contributed by atoms with Gasteiger partial charge in [-0.15, -0.1) is 0 Å². The third-order valence-electron chi connectivity index (χ3n) is 1.93. The Morgan fingerprint density at radius 3 is 2.88 bits per heavy atom. The van der Waals surface area contributed by atoms with Gasteiger partial charge in [0.25, 0.3) is 5.91 Å². The summed E-state index contributed by atoms with van der Waals surface area (Å²) in [5.74, 6) is -0.205. The minimum atomic E-state index is -0.205. The van der Waals surface area contributed by atoms with Crippen LogP contribution in [0, 0.1) is 0 Å². The zero-order valence-electron chi connectivity index (χ0n) is 8.85. The first-order valence-electron chi connectivity index (χ1n) is 5.02. The Morgan fingerprint density at radius 2 is 2.25 bits per heavy atom. The van der Waals surface area contributed by atoms with Crippen molar-refractivity contribution in [3.8, 4) is 0 Å². The maximum atomic E-state index is 11.5. The van der Waals surface area contributed by atoms with Gasteiger partial charge in [-0.05, 0) is 19.3 Å². The van der Waals surface area contributed by atoms with Gasteiger partial charge in [0.2, 0.25) is 0 Å². The van der Waals surface area contributed by atoms with E-state index >= 15 is 0 Å². The maximum Gasteiger partial charge on any atom is 0.271 e. The van der Waals surface area contributed by atoms with Crippen molar-refractivity contribution < 1.29 is 4.79 Å². The summed E-state index contributed by atoms with van der Waals surface area (Å²) in [6, 6.07) is 0. The van der Waals surface area contributed by atoms with Crippen molar-refractivity contribution in [1.29, 1.82) is 0 Å². The van der Waals surface area contributed by atoms with Crippen molar-refractivity contribution in [2.45, 2.75) is 19.3 Å². The first-order valence-corrected chi connectivity index (χ1v) is 5.43. The fourth-order valence-corrected chi connectivity index (χ4v) is 1.28. The van der Waals surface area contributed by atoms with E-state index in [1.165, 1.54) is 18.6 Å². The van der Waals surface area contributed by atoms with E-state index in [2.05, 4.69) is 15.3 Å². The number of rotatable bonds is 6. The molecular weight excluding hydrogens is 224 g/mol. The van der Waals surface area contributed by atoms with E-state index in [0.29, 0.717) is 17.2 Å². The van der Waals surface area contributed by atoms with Crippen LogP contribution in [0.3, 0.4) is 0 Å². The highest BCUT2D eigenvalue weighted by atomic mass is 32.1. The molecule has 0 radical (unpaired) electrons. The van der Waals surface area contributed by atoms with Crippen LogP contribution in [0.4, 0.5) is 0 Å². The quantitative estimate of drug-likeness (QED) is 0.562. The summed E-state index contributed by atoms with van der Waals surface area (Å²) >= 11 is 4.75. The van der Waals surface area contributed by atoms with Crippen molar-refractivity contribution in [3.63, 3.8) is 0 Å². The Hall–Kier alpha value is -1.56. The van der Waals surface area contributed by atoms with E-state index < -0.39 is 0 Å². The van der Waals surface area contributed by atoms with Gasteiger partial charge in [0.05, 0.1) is 11.2 Å². The number of amides is 1. The third kappa shape index (κ3) is 4.79. The lowest BCUT2D eigenvalue weighted by molar-refractivity contribution is 0.0947. The van der Waals surface area contributed by atoms with Gasteiger partial charge in [-0.3, -0.25) is 9.78 Å². The largest absolute Gasteiger partial charge is 0.393 e. The number of hydrogen-bond acceptors (Lipinski definition) is 4. The number of nitrogens with zero attached hydrogens (tertiary/aromatic N) is 2. The van der Waals surface area contributed by atoms with Crippen molar-refractivity contribution in [2.75, 3.05) is 6.54 Å². The minimum Gasteiger partial charge on any atom is -0.393 e. The normalized spacial score (nSPS) is 9.75. The third-order valence-corrected chi connectivity index (χ3v) is 2.14. The van der Waals surface area contributed by atoms with Crippen LogP contribution in [0.1, 0.15) is 29.8 Å². The van der Waals surface area contributed by atoms with Crippen LogP contribution >= 0.6 is 12.2 Å². The summed E-state index contributed by atoms with van der Waals surface area (Å²) in [4.78, 5) is 19.7. The van der Waals surface area contributed by atoms with E-state index in [0.717, 1.165) is 19.3 Å². The predicted molar refractivity (Wildman–Crippen MR) is 65.0 cm³/mol. The summed E-state index contributed by atoms with van der Waals surface area (Å²) in [5, 5.41) is 2.75. The molecule has 0 aliphatic rings. The van der Waals surface area contributed by atoms with Crippen molar-refractivity contribution in [1.82, 2.24) is 15.3 Å². The number of hydrogen-bond donors (Lipinski definition) is 2. The van der Waals surface area contributed by atoms with Gasteiger partial charge in [-0.25, -0.2) is 4.98 Å². The van der Waals surface area contributed by atoms with E-state index in [1.54, 1.807) is 0 Å². The molecule has 16 heavy (non-hydrogen) atoms. The molecule has 3 N–H and O–H groups in total. The summed E-state index contributed by atoms with van der Waals surface area (Å²) in [6.07, 6.45) is 6.90. The number of carbonyl (C=O) groups is 1. The van der Waals surface area contributed by atoms with Gasteiger partial charge >= 0.3 is 0 Å². The molecule has 0 unspecified atom stereocenters. The molecule has 0 bridgehead atoms. The van der Waals surface area contributed by atoms with E-state index in [1.807, 2.05) is 0 Å². The lowest BCUT2D eigenvalue weighted by Gasteiger charge is -2.03. The summed E-state index contributed by atoms with van der Waals surface area (Å²) in [6.45, 7) is 0.595. The van der Waals surface area contributed by atoms with Crippen LogP contribution in [0.2, 0.25) is 0 Å². The van der Waals surface area contributed by atoms with Crippen molar-refractivity contribution in [2.24, 2.45) is 5.73 Å². The van der Waals surface area contributed by atoms with Gasteiger partial charge in [0.1, 0.15) is 5.69 Å². The van der Waals surface area contributed by atoms with Crippen LogP contribution in [-0.4, -0.2) is 27.4 Å². The smallest absolute Gasteiger partial charge is 0.271 e. The molecule has 0 saturated carbocycles. The average molecular weight is 238 g/mol. The molecule has 0 fully saturated rings. The number of unbranched alkanes of at least 4 members (excludes halogenated alkanes) is 1. The molecule has 5 nitrogen and oxygen atoms in total. The van der Waals surface area contributed by atoms with Gasteiger partial charge in [0, 0.05) is 18.9 Å². The van der Waals surface area contributed by atoms with Crippen molar-refractivity contribution in [3.05, 3.63) is 24.3 Å². The Morgan fingerprint density at radius 1 is 1.44 bits per heavy atom. The molecule has 86 valence electrons. The fourth-order valence-electron chi connectivity index (χ4n) is 1.13. The Bertz CT molecular complexity index is 355. The number of aromatic nitrogens is 2. The van der Waals surface area contributed by atoms with Gasteiger partial charge in [0.15, 0.2) is 0 Å². The van der Waals surface area contributed by atoms with Crippen molar-refractivity contribution >= 4 is 23.1 Å². The van der Waals surface area contributed by atoms with Crippen LogP contribution < -0.4 is 11.1 Å². The molecule has 0 aromatic carbocycles. The first kappa shape index (κ1) is 12.5. The molecule has 0 saturated heterocycles. The molecule has 6 heteroatoms. The lowest BCUT2D eigenvalue weighted by atomic mass is 10.2. The molecule has 1 amide bonds. The standard InChI is InChI=1S/C10H14N4OS/c11-9(16)3-1-2-4-14-10(15)8-7-12-5-6-13-8/h5-7H,1-4H2,(H2,11,16)(H,14,15). The second kappa shape index (κ2) is 6.84. The Labute approximate surface area is 99.5 Å². The number of nitrogens with two attached hydrogens (primary N) is 1. The molecule has 0 aliphatic heterocycles. The second-order valence-electron chi connectivity index (χ2n) is 3.27. The highest BCUT2D eigenvalue weighted by molar-refractivity contribution is 7.80. The van der Waals surface area contributed by atoms with E-state index in [-0.39, 0.29) is 5.91 Å². The van der Waals surface area contributed by atoms with Crippen LogP contribution in [0.5, 0.6) is 0 Å². The monoisotopic (exact) mass is 238 g/mol. The minimum absolute atomic E-state index is 0.205. The van der Waals surface area contributed by atoms with E-state index in [9.17, 15) is 4.79 Å². The van der Waals surface area contributed by atoms with Crippen LogP contribution in [0.25, 0.3) is 0 Å². The zero-order chi connectivity index (χ0) is 11.8. The Kier molecular flexibility index (Phi) is 5.35. The highest BCUT2D eigenvalue weighted by Gasteiger charge is 2.04. The summed E-state index contributed by atoms with van der Waals surface area (Å²) < 4.78 is 0. The van der Waals surface area contributed by atoms with Crippen LogP contribution in [0.15, 0.2) is 18.6 Å². The van der Waals surface area contributed by atoms with Gasteiger partial charge in [-0.2, -0.15) is 0 Å². The number of thiocarbonyl (C=S) groups is 1. The van der Waals surface area contributed by atoms with E-state index in [4.69, 9.17) is 18.0 Å². The van der Waals surface area contributed by atoms with Gasteiger partial charge in [-0.1, -0.05) is 12.2 Å². The predicted octanol–water partition coefficient (Wildman–Crippen LogP) is 0.663. The zero-order valence-corrected chi connectivity index (χ0v) is 9.67. The molecule has 1 heterocycles. The summed E-state index contributed by atoms with van der Waals surface area (Å²) in [5.41, 5.74) is 5.68. The lowest BCUT2D eigenvalue weighted by Crippen LogP contribution is -2.25. The highest BCUT2D eigenvalue weighted by Crippen LogP contribution is 1.95. The number of nitrogens with one attached hydrogen (secondary N) is 1. The van der Waals surface area contributed by atoms with Crippen LogP contribution in [-0.2, 0) is 0 Å². The topological polar surface area (TPSA) is 80.9 Å². The second-order valence-corrected chi connectivity index (χ2v) is 3.79. The average Bonchev–Trinajstić information content (AvgIpc) is 2.29. The molecule has 1 rings (SSSR count). The maximum absolute atomic E-state index is 11.5. The molecule has 0 atom stereocenters. The molecule has 1 aromatic heterocycles. The van der Waals surface area contributed by atoms with Gasteiger partial charge < -0.3 is 11.1 Å². The fraction of sp³-hybridized carbons (Fsp3) is 0.400. The Balaban J connectivity index is 2.19. The SMILES string of the molecule is NC(=S)CCCCNC(=O)c1cnccn1. The molecule has 1 aromatic rings. The molecule has 0 spiro atoms. The summed E-state index contributed by atoms with van der Waals surface area (Å²) in [7, 11) is 0. The number of carbonyl (C=O) groups excluding carboxylic acids is 1. The molecular formula is C10H14N4OS.